The van der Waals surface area contributed by atoms with Crippen molar-refractivity contribution >= 4 is 12.0 Å². The van der Waals surface area contributed by atoms with E-state index in [1.807, 2.05) is 0 Å². The number of aromatic nitrogens is 4. The van der Waals surface area contributed by atoms with E-state index in [-0.39, 0.29) is 13.0 Å². The molecule has 2 heterocycles. The smallest absolute Gasteiger partial charge is 0.408 e. The standard InChI is InChI=1S/C20H30F2N6O4/c1-19(2,3)32-18(31)24-14(7-12-9-23-27(6)10-12)17(30)25-20(4,5)11-28-15(29)8-13(26-28)16(21)22/h8-10,14,16,26H,7,11H2,1-6H3,(H,24,31)(H,25,30)/t14-/m1/s1. The Balaban J connectivity index is 2.16. The SMILES string of the molecule is Cn1cc(C[C@@H](NC(=O)OC(C)(C)C)C(=O)NC(C)(C)Cn2[nH]c(C(F)F)cc2=O)cn1. The molecule has 0 aromatic carbocycles. The zero-order valence-electron chi connectivity index (χ0n) is 19.0. The molecular weight excluding hydrogens is 426 g/mol. The van der Waals surface area contributed by atoms with Crippen LogP contribution in [-0.2, 0) is 29.5 Å². The molecule has 2 aromatic rings. The van der Waals surface area contributed by atoms with Gasteiger partial charge in [0.2, 0.25) is 5.91 Å². The molecular formula is C20H30F2N6O4. The van der Waals surface area contributed by atoms with Crippen LogP contribution in [0.2, 0.25) is 0 Å². The maximum atomic E-state index is 13.0. The van der Waals surface area contributed by atoms with Crippen molar-refractivity contribution in [2.24, 2.45) is 7.05 Å². The number of alkyl halides is 2. The molecule has 3 N–H and O–H groups in total. The van der Waals surface area contributed by atoms with E-state index in [9.17, 15) is 23.2 Å². The van der Waals surface area contributed by atoms with E-state index >= 15 is 0 Å². The van der Waals surface area contributed by atoms with E-state index in [1.165, 1.54) is 0 Å². The molecule has 10 nitrogen and oxygen atoms in total. The van der Waals surface area contributed by atoms with Crippen LogP contribution in [0.5, 0.6) is 0 Å². The molecule has 2 amide bonds. The molecule has 32 heavy (non-hydrogen) atoms. The van der Waals surface area contributed by atoms with Crippen LogP contribution in [-0.4, -0.2) is 48.7 Å². The van der Waals surface area contributed by atoms with Crippen LogP contribution in [0.25, 0.3) is 0 Å². The number of ether oxygens (including phenoxy) is 1. The number of carbonyl (C=O) groups is 2. The summed E-state index contributed by atoms with van der Waals surface area (Å²) in [5.41, 5.74) is -2.19. The number of carbonyl (C=O) groups excluding carboxylic acids is 2. The third-order valence-electron chi connectivity index (χ3n) is 4.26. The van der Waals surface area contributed by atoms with Crippen LogP contribution in [0.15, 0.2) is 23.3 Å². The molecule has 0 aliphatic carbocycles. The highest BCUT2D eigenvalue weighted by Gasteiger charge is 2.30. The molecule has 2 aromatic heterocycles. The minimum Gasteiger partial charge on any atom is -0.444 e. The zero-order chi connectivity index (χ0) is 24.3. The minimum absolute atomic E-state index is 0.0870. The molecule has 0 aliphatic rings. The zero-order valence-corrected chi connectivity index (χ0v) is 19.0. The molecule has 0 fully saturated rings. The van der Waals surface area contributed by atoms with Gasteiger partial charge in [0.25, 0.3) is 12.0 Å². The van der Waals surface area contributed by atoms with Gasteiger partial charge in [-0.15, -0.1) is 0 Å². The van der Waals surface area contributed by atoms with Gasteiger partial charge in [0.05, 0.1) is 18.3 Å². The van der Waals surface area contributed by atoms with Gasteiger partial charge >= 0.3 is 6.09 Å². The molecule has 0 saturated carbocycles. The molecule has 0 radical (unpaired) electrons. The molecule has 0 spiro atoms. The van der Waals surface area contributed by atoms with Crippen molar-refractivity contribution in [2.45, 2.75) is 71.2 Å². The Bertz CT molecular complexity index is 1000. The third-order valence-corrected chi connectivity index (χ3v) is 4.26. The largest absolute Gasteiger partial charge is 0.444 e. The van der Waals surface area contributed by atoms with Gasteiger partial charge in [-0.25, -0.2) is 13.6 Å². The summed E-state index contributed by atoms with van der Waals surface area (Å²) in [6.07, 6.45) is -0.142. The Morgan fingerprint density at radius 2 is 1.91 bits per heavy atom. The highest BCUT2D eigenvalue weighted by atomic mass is 19.3. The van der Waals surface area contributed by atoms with E-state index in [0.717, 1.165) is 10.7 Å². The lowest BCUT2D eigenvalue weighted by Crippen LogP contribution is -2.56. The Kier molecular flexibility index (Phi) is 7.47. The van der Waals surface area contributed by atoms with Crippen LogP contribution in [0.3, 0.4) is 0 Å². The summed E-state index contributed by atoms with van der Waals surface area (Å²) in [5, 5.41) is 11.7. The number of aryl methyl sites for hydroxylation is 1. The van der Waals surface area contributed by atoms with Crippen molar-refractivity contribution < 1.29 is 23.1 Å². The first-order valence-corrected chi connectivity index (χ1v) is 10.0. The lowest BCUT2D eigenvalue weighted by atomic mass is 10.0. The second-order valence-electron chi connectivity index (χ2n) is 9.23. The fourth-order valence-corrected chi connectivity index (χ4v) is 3.01. The summed E-state index contributed by atoms with van der Waals surface area (Å²) >= 11 is 0. The minimum atomic E-state index is -2.82. The maximum Gasteiger partial charge on any atom is 0.408 e. The van der Waals surface area contributed by atoms with Gasteiger partial charge in [-0.3, -0.25) is 24.1 Å². The van der Waals surface area contributed by atoms with Crippen LogP contribution in [0.4, 0.5) is 13.6 Å². The van der Waals surface area contributed by atoms with E-state index in [4.69, 9.17) is 4.74 Å². The Labute approximate surface area is 184 Å². The quantitative estimate of drug-likeness (QED) is 0.560. The molecule has 178 valence electrons. The lowest BCUT2D eigenvalue weighted by Gasteiger charge is -2.29. The summed E-state index contributed by atoms with van der Waals surface area (Å²) in [5.74, 6) is -0.529. The average molecular weight is 456 g/mol. The summed E-state index contributed by atoms with van der Waals surface area (Å²) in [6.45, 7) is 8.29. The Morgan fingerprint density at radius 1 is 1.25 bits per heavy atom. The summed E-state index contributed by atoms with van der Waals surface area (Å²) in [7, 11) is 1.73. The number of aromatic amines is 1. The second-order valence-corrected chi connectivity index (χ2v) is 9.23. The van der Waals surface area contributed by atoms with Gasteiger partial charge < -0.3 is 15.4 Å². The Morgan fingerprint density at radius 3 is 2.41 bits per heavy atom. The van der Waals surface area contributed by atoms with Gasteiger partial charge in [-0.2, -0.15) is 5.10 Å². The van der Waals surface area contributed by atoms with Crippen LogP contribution < -0.4 is 16.2 Å². The average Bonchev–Trinajstić information content (AvgIpc) is 3.17. The fourth-order valence-electron chi connectivity index (χ4n) is 3.01. The van der Waals surface area contributed by atoms with Crippen molar-refractivity contribution in [1.29, 1.82) is 0 Å². The number of hydrogen-bond donors (Lipinski definition) is 3. The summed E-state index contributed by atoms with van der Waals surface area (Å²) < 4.78 is 33.5. The number of alkyl carbamates (subject to hydrolysis) is 1. The molecule has 12 heteroatoms. The summed E-state index contributed by atoms with van der Waals surface area (Å²) in [4.78, 5) is 37.3. The van der Waals surface area contributed by atoms with E-state index in [0.29, 0.717) is 5.56 Å². The predicted molar refractivity (Wildman–Crippen MR) is 112 cm³/mol. The second kappa shape index (κ2) is 9.53. The van der Waals surface area contributed by atoms with Crippen LogP contribution >= 0.6 is 0 Å². The van der Waals surface area contributed by atoms with Crippen LogP contribution in [0, 0.1) is 0 Å². The number of hydrogen-bond acceptors (Lipinski definition) is 5. The highest BCUT2D eigenvalue weighted by Crippen LogP contribution is 2.15. The van der Waals surface area contributed by atoms with Gasteiger partial charge in [0, 0.05) is 25.7 Å². The van der Waals surface area contributed by atoms with Crippen molar-refractivity contribution in [1.82, 2.24) is 30.2 Å². The van der Waals surface area contributed by atoms with Gasteiger partial charge in [0.15, 0.2) is 0 Å². The molecule has 0 aliphatic heterocycles. The number of nitrogens with one attached hydrogen (secondary N) is 3. The summed E-state index contributed by atoms with van der Waals surface area (Å²) in [6, 6.07) is -0.178. The van der Waals surface area contributed by atoms with Crippen molar-refractivity contribution in [3.63, 3.8) is 0 Å². The number of nitrogens with zero attached hydrogens (tertiary/aromatic N) is 3. The number of amides is 2. The molecule has 2 rings (SSSR count). The van der Waals surface area contributed by atoms with Gasteiger partial charge in [-0.05, 0) is 40.2 Å². The first-order valence-electron chi connectivity index (χ1n) is 10.0. The third kappa shape index (κ3) is 7.50. The van der Waals surface area contributed by atoms with Gasteiger partial charge in [0.1, 0.15) is 17.3 Å². The first-order chi connectivity index (χ1) is 14.6. The van der Waals surface area contributed by atoms with Crippen LogP contribution in [0.1, 0.15) is 52.3 Å². The lowest BCUT2D eigenvalue weighted by molar-refractivity contribution is -0.125. The maximum absolute atomic E-state index is 13.0. The highest BCUT2D eigenvalue weighted by molar-refractivity contribution is 5.86. The molecule has 1 atom stereocenters. The van der Waals surface area contributed by atoms with Crippen molar-refractivity contribution in [3.05, 3.63) is 40.1 Å². The first kappa shape index (κ1) is 25.1. The Hall–Kier alpha value is -3.18. The fraction of sp³-hybridized carbons (Fsp3) is 0.600. The number of H-pyrrole nitrogens is 1. The molecule has 0 unspecified atom stereocenters. The normalized spacial score (nSPS) is 13.2. The van der Waals surface area contributed by atoms with E-state index < -0.39 is 46.9 Å². The van der Waals surface area contributed by atoms with Crippen molar-refractivity contribution in [2.75, 3.05) is 0 Å². The van der Waals surface area contributed by atoms with E-state index in [2.05, 4.69) is 20.8 Å². The van der Waals surface area contributed by atoms with Gasteiger partial charge in [-0.1, -0.05) is 0 Å². The van der Waals surface area contributed by atoms with Crippen molar-refractivity contribution in [3.8, 4) is 0 Å². The molecule has 0 saturated heterocycles. The van der Waals surface area contributed by atoms with E-state index in [1.54, 1.807) is 58.7 Å². The topological polar surface area (TPSA) is 123 Å². The predicted octanol–water partition coefficient (Wildman–Crippen LogP) is 1.88. The monoisotopic (exact) mass is 456 g/mol. The molecule has 0 bridgehead atoms. The number of rotatable bonds is 8. The number of halogens is 2.